The van der Waals surface area contributed by atoms with Crippen molar-refractivity contribution >= 4 is 0 Å². The lowest BCUT2D eigenvalue weighted by atomic mass is 9.68. The molecule has 172 valence electrons. The smallest absolute Gasteiger partial charge is 0.201 e. The van der Waals surface area contributed by atoms with Gasteiger partial charge in [-0.25, -0.2) is 13.2 Å². The third-order valence-corrected chi connectivity index (χ3v) is 7.61. The van der Waals surface area contributed by atoms with Crippen molar-refractivity contribution in [3.8, 4) is 16.9 Å². The number of hydrogen-bond acceptors (Lipinski definition) is 1. The minimum Gasteiger partial charge on any atom is -0.494 e. The summed E-state index contributed by atoms with van der Waals surface area (Å²) in [6, 6.07) is 5.34. The molecule has 0 amide bonds. The van der Waals surface area contributed by atoms with Crippen LogP contribution in [0.3, 0.4) is 0 Å². The Morgan fingerprint density at radius 2 is 1.19 bits per heavy atom. The van der Waals surface area contributed by atoms with Gasteiger partial charge in [-0.1, -0.05) is 31.9 Å². The second kappa shape index (κ2) is 9.22. The molecule has 2 aromatic rings. The molecule has 0 aromatic heterocycles. The van der Waals surface area contributed by atoms with E-state index in [1.165, 1.54) is 51.0 Å². The van der Waals surface area contributed by atoms with Crippen LogP contribution in [0.15, 0.2) is 24.3 Å². The monoisotopic (exact) mass is 438 g/mol. The molecule has 31 heavy (non-hydrogen) atoms. The number of rotatable bonds is 4. The fourth-order valence-corrected chi connectivity index (χ4v) is 5.64. The standard InChI is InChI=1S/C26H30F4O.2H2/c1-15-3-5-16(6-4-15)17-7-9-18(10-8-17)19-11-12-20(24(28)23(19)27)21-13-14-22(31-2)26(30)25(21)29;;/h11-18H,3-10H2,1-2H3;2*1H. The van der Waals surface area contributed by atoms with E-state index in [9.17, 15) is 17.6 Å². The van der Waals surface area contributed by atoms with Crippen molar-refractivity contribution in [3.05, 3.63) is 53.1 Å². The average molecular weight is 439 g/mol. The van der Waals surface area contributed by atoms with Gasteiger partial charge in [-0.3, -0.25) is 0 Å². The van der Waals surface area contributed by atoms with Crippen LogP contribution in [-0.2, 0) is 0 Å². The molecular formula is C26H34F4O. The van der Waals surface area contributed by atoms with Gasteiger partial charge in [-0.05, 0) is 79.9 Å². The molecule has 0 N–H and O–H groups in total. The average Bonchev–Trinajstić information content (AvgIpc) is 2.79. The first-order valence-corrected chi connectivity index (χ1v) is 11.4. The van der Waals surface area contributed by atoms with Gasteiger partial charge in [0.1, 0.15) is 0 Å². The fraction of sp³-hybridized carbons (Fsp3) is 0.538. The molecule has 2 aliphatic carbocycles. The summed E-state index contributed by atoms with van der Waals surface area (Å²) >= 11 is 0. The van der Waals surface area contributed by atoms with Gasteiger partial charge in [0.2, 0.25) is 5.82 Å². The molecule has 0 aliphatic heterocycles. The normalized spacial score (nSPS) is 26.6. The molecule has 0 saturated heterocycles. The van der Waals surface area contributed by atoms with E-state index in [1.807, 2.05) is 0 Å². The molecule has 2 aromatic carbocycles. The van der Waals surface area contributed by atoms with Crippen molar-refractivity contribution in [2.45, 2.75) is 64.2 Å². The van der Waals surface area contributed by atoms with E-state index in [1.54, 1.807) is 6.07 Å². The van der Waals surface area contributed by atoms with E-state index in [4.69, 9.17) is 4.74 Å². The van der Waals surface area contributed by atoms with Gasteiger partial charge in [0.05, 0.1) is 7.11 Å². The Hall–Kier alpha value is -2.04. The predicted octanol–water partition coefficient (Wildman–Crippen LogP) is 8.51. The van der Waals surface area contributed by atoms with Crippen LogP contribution in [0, 0.1) is 41.0 Å². The van der Waals surface area contributed by atoms with Crippen molar-refractivity contribution in [3.63, 3.8) is 0 Å². The van der Waals surface area contributed by atoms with Gasteiger partial charge in [0, 0.05) is 14.0 Å². The summed E-state index contributed by atoms with van der Waals surface area (Å²) in [5.74, 6) is -2.53. The Balaban J connectivity index is 0.00000193. The van der Waals surface area contributed by atoms with Crippen LogP contribution in [0.1, 0.15) is 72.6 Å². The first-order chi connectivity index (χ1) is 14.9. The first-order valence-electron chi connectivity index (χ1n) is 11.4. The molecule has 0 unspecified atom stereocenters. The summed E-state index contributed by atoms with van der Waals surface area (Å²) in [5.41, 5.74) is -0.229. The lowest BCUT2D eigenvalue weighted by Gasteiger charge is -2.37. The second-order valence-corrected chi connectivity index (χ2v) is 9.41. The predicted molar refractivity (Wildman–Crippen MR) is 118 cm³/mol. The van der Waals surface area contributed by atoms with E-state index < -0.39 is 23.3 Å². The molecule has 0 atom stereocenters. The summed E-state index contributed by atoms with van der Waals surface area (Å²) in [5, 5.41) is 0. The third-order valence-electron chi connectivity index (χ3n) is 7.61. The Kier molecular flexibility index (Phi) is 6.59. The molecule has 5 heteroatoms. The molecule has 2 fully saturated rings. The minimum absolute atomic E-state index is 0. The number of benzene rings is 2. The number of hydrogen-bond donors (Lipinski definition) is 0. The summed E-state index contributed by atoms with van der Waals surface area (Å²) in [6.07, 6.45) is 8.96. The van der Waals surface area contributed by atoms with E-state index >= 15 is 0 Å². The van der Waals surface area contributed by atoms with Gasteiger partial charge in [0.25, 0.3) is 0 Å². The van der Waals surface area contributed by atoms with Gasteiger partial charge < -0.3 is 4.74 Å². The van der Waals surface area contributed by atoms with Crippen molar-refractivity contribution in [2.75, 3.05) is 7.11 Å². The highest BCUT2D eigenvalue weighted by atomic mass is 19.2. The van der Waals surface area contributed by atoms with Crippen molar-refractivity contribution < 1.29 is 25.2 Å². The Morgan fingerprint density at radius 1 is 0.677 bits per heavy atom. The zero-order valence-electron chi connectivity index (χ0n) is 18.2. The molecule has 0 heterocycles. The van der Waals surface area contributed by atoms with E-state index in [2.05, 4.69) is 6.92 Å². The molecule has 2 saturated carbocycles. The Morgan fingerprint density at radius 3 is 1.77 bits per heavy atom. The number of ether oxygens (including phenoxy) is 1. The summed E-state index contributed by atoms with van der Waals surface area (Å²) in [4.78, 5) is 0. The van der Waals surface area contributed by atoms with Crippen LogP contribution < -0.4 is 4.74 Å². The van der Waals surface area contributed by atoms with E-state index in [0.717, 1.165) is 37.5 Å². The van der Waals surface area contributed by atoms with Crippen LogP contribution in [0.25, 0.3) is 11.1 Å². The molecule has 1 nitrogen and oxygen atoms in total. The maximum Gasteiger partial charge on any atom is 0.201 e. The molecule has 2 aliphatic rings. The SMILES string of the molecule is COc1ccc(-c2ccc(C3CCC(C4CCC(C)CC4)CC3)c(F)c2F)c(F)c1F.[HH].[HH]. The third kappa shape index (κ3) is 4.33. The van der Waals surface area contributed by atoms with E-state index in [-0.39, 0.29) is 25.6 Å². The molecular weight excluding hydrogens is 404 g/mol. The molecule has 0 spiro atoms. The number of halogens is 4. The fourth-order valence-electron chi connectivity index (χ4n) is 5.64. The highest BCUT2D eigenvalue weighted by molar-refractivity contribution is 5.66. The quantitative estimate of drug-likeness (QED) is 0.435. The van der Waals surface area contributed by atoms with Crippen LogP contribution in [0.5, 0.6) is 5.75 Å². The van der Waals surface area contributed by atoms with Crippen molar-refractivity contribution in [1.29, 1.82) is 0 Å². The van der Waals surface area contributed by atoms with Crippen LogP contribution in [0.4, 0.5) is 17.6 Å². The number of methoxy groups -OCH3 is 1. The van der Waals surface area contributed by atoms with Crippen molar-refractivity contribution in [2.24, 2.45) is 17.8 Å². The molecule has 4 rings (SSSR count). The van der Waals surface area contributed by atoms with Crippen molar-refractivity contribution in [1.82, 2.24) is 0 Å². The van der Waals surface area contributed by atoms with Gasteiger partial charge >= 0.3 is 0 Å². The Labute approximate surface area is 184 Å². The van der Waals surface area contributed by atoms with Crippen LogP contribution in [0.2, 0.25) is 0 Å². The largest absolute Gasteiger partial charge is 0.494 e. The Bertz CT molecular complexity index is 936. The maximum absolute atomic E-state index is 15.0. The van der Waals surface area contributed by atoms with E-state index in [0.29, 0.717) is 11.5 Å². The first kappa shape index (κ1) is 22.2. The molecule has 0 bridgehead atoms. The van der Waals surface area contributed by atoms with Gasteiger partial charge in [-0.2, -0.15) is 4.39 Å². The minimum atomic E-state index is -1.24. The maximum atomic E-state index is 15.0. The van der Waals surface area contributed by atoms with Gasteiger partial charge in [-0.15, -0.1) is 0 Å². The highest BCUT2D eigenvalue weighted by Gasteiger charge is 2.32. The van der Waals surface area contributed by atoms with Crippen LogP contribution >= 0.6 is 0 Å². The zero-order chi connectivity index (χ0) is 22.1. The molecule has 0 radical (unpaired) electrons. The lowest BCUT2D eigenvalue weighted by Crippen LogP contribution is -2.25. The lowest BCUT2D eigenvalue weighted by molar-refractivity contribution is 0.164. The summed E-state index contributed by atoms with van der Waals surface area (Å²) < 4.78 is 63.1. The summed E-state index contributed by atoms with van der Waals surface area (Å²) in [6.45, 7) is 2.32. The van der Waals surface area contributed by atoms with Crippen LogP contribution in [-0.4, -0.2) is 7.11 Å². The topological polar surface area (TPSA) is 9.23 Å². The summed E-state index contributed by atoms with van der Waals surface area (Å²) in [7, 11) is 1.22. The highest BCUT2D eigenvalue weighted by Crippen LogP contribution is 2.45. The second-order valence-electron chi connectivity index (χ2n) is 9.41. The van der Waals surface area contributed by atoms with Gasteiger partial charge in [0.15, 0.2) is 23.2 Å². The zero-order valence-corrected chi connectivity index (χ0v) is 18.2.